The summed E-state index contributed by atoms with van der Waals surface area (Å²) in [5.74, 6) is -0.362. The third-order valence-corrected chi connectivity index (χ3v) is 2.44. The maximum atomic E-state index is 11.8. The number of hydrogen-bond donors (Lipinski definition) is 1. The lowest BCUT2D eigenvalue weighted by molar-refractivity contribution is 0.0160. The molecular formula is C12H20N2O3. The summed E-state index contributed by atoms with van der Waals surface area (Å²) >= 11 is 0. The van der Waals surface area contributed by atoms with Crippen molar-refractivity contribution in [3.63, 3.8) is 0 Å². The molecule has 1 aromatic rings. The smallest absolute Gasteiger partial charge is 0.355 e. The number of nitrogen functional groups attached to an aromatic ring is 1. The molecule has 1 heterocycles. The molecule has 17 heavy (non-hydrogen) atoms. The summed E-state index contributed by atoms with van der Waals surface area (Å²) in [5.41, 5.74) is 6.74. The number of carbonyl (C=O) groups is 1. The molecule has 5 nitrogen and oxygen atoms in total. The van der Waals surface area contributed by atoms with E-state index in [9.17, 15) is 4.79 Å². The van der Waals surface area contributed by atoms with Gasteiger partial charge >= 0.3 is 5.97 Å². The molecule has 0 bridgehead atoms. The van der Waals surface area contributed by atoms with Crippen LogP contribution in [0.4, 0.5) is 5.69 Å². The number of nitrogens with zero attached hydrogens (tertiary/aromatic N) is 1. The van der Waals surface area contributed by atoms with Crippen molar-refractivity contribution in [3.8, 4) is 0 Å². The normalized spacial score (nSPS) is 12.4. The van der Waals surface area contributed by atoms with Gasteiger partial charge in [0.05, 0.1) is 11.8 Å². The van der Waals surface area contributed by atoms with Gasteiger partial charge in [0.1, 0.15) is 12.3 Å². The van der Waals surface area contributed by atoms with Crippen LogP contribution in [0.15, 0.2) is 12.3 Å². The third-order valence-electron chi connectivity index (χ3n) is 2.44. The first-order chi connectivity index (χ1) is 8.08. The van der Waals surface area contributed by atoms with Gasteiger partial charge in [-0.2, -0.15) is 0 Å². The zero-order valence-electron chi connectivity index (χ0n) is 10.6. The minimum Gasteiger partial charge on any atom is -0.458 e. The number of ether oxygens (including phenoxy) is 2. The molecule has 0 amide bonds. The Morgan fingerprint density at radius 2 is 2.29 bits per heavy atom. The number of carbonyl (C=O) groups excluding carboxylic acids is 1. The maximum Gasteiger partial charge on any atom is 0.355 e. The van der Waals surface area contributed by atoms with Crippen molar-refractivity contribution >= 4 is 11.7 Å². The summed E-state index contributed by atoms with van der Waals surface area (Å²) in [5, 5.41) is 0. The minimum absolute atomic E-state index is 0.106. The average Bonchev–Trinajstić information content (AvgIpc) is 2.67. The van der Waals surface area contributed by atoms with Crippen LogP contribution >= 0.6 is 0 Å². The molecule has 0 aromatic carbocycles. The standard InChI is InChI=1S/C12H20N2O3/c1-4-5-14-7-10(13)6-11(14)12(15)17-8-9(2)16-3/h6-7,9H,4-5,8,13H2,1-3H3. The molecule has 0 spiro atoms. The Bertz CT molecular complexity index is 374. The van der Waals surface area contributed by atoms with Crippen LogP contribution in [-0.2, 0) is 16.0 Å². The second-order valence-corrected chi connectivity index (χ2v) is 4.00. The number of anilines is 1. The number of nitrogens with two attached hydrogens (primary N) is 1. The Balaban J connectivity index is 2.67. The number of aryl methyl sites for hydroxylation is 1. The fourth-order valence-corrected chi connectivity index (χ4v) is 1.46. The maximum absolute atomic E-state index is 11.8. The van der Waals surface area contributed by atoms with Crippen LogP contribution in [-0.4, -0.2) is 30.4 Å². The molecule has 96 valence electrons. The largest absolute Gasteiger partial charge is 0.458 e. The molecule has 1 aromatic heterocycles. The van der Waals surface area contributed by atoms with Gasteiger partial charge in [-0.05, 0) is 19.4 Å². The fraction of sp³-hybridized carbons (Fsp3) is 0.583. The van der Waals surface area contributed by atoms with Crippen molar-refractivity contribution in [2.24, 2.45) is 0 Å². The second-order valence-electron chi connectivity index (χ2n) is 4.00. The van der Waals surface area contributed by atoms with Crippen LogP contribution in [0.3, 0.4) is 0 Å². The summed E-state index contributed by atoms with van der Waals surface area (Å²) in [6.45, 7) is 4.87. The Labute approximate surface area is 101 Å². The Kier molecular flexibility index (Phi) is 5.03. The summed E-state index contributed by atoms with van der Waals surface area (Å²) in [6.07, 6.45) is 2.58. The molecule has 1 unspecified atom stereocenters. The van der Waals surface area contributed by atoms with Gasteiger partial charge in [-0.15, -0.1) is 0 Å². The lowest BCUT2D eigenvalue weighted by Crippen LogP contribution is -2.19. The third kappa shape index (κ3) is 3.78. The van der Waals surface area contributed by atoms with E-state index in [-0.39, 0.29) is 18.7 Å². The highest BCUT2D eigenvalue weighted by Gasteiger charge is 2.15. The Morgan fingerprint density at radius 1 is 1.59 bits per heavy atom. The van der Waals surface area contributed by atoms with Gasteiger partial charge < -0.3 is 19.8 Å². The van der Waals surface area contributed by atoms with Crippen LogP contribution in [0.5, 0.6) is 0 Å². The van der Waals surface area contributed by atoms with Crippen molar-refractivity contribution in [2.45, 2.75) is 32.9 Å². The molecule has 1 atom stereocenters. The van der Waals surface area contributed by atoms with Crippen molar-refractivity contribution in [1.82, 2.24) is 4.57 Å². The number of esters is 1. The van der Waals surface area contributed by atoms with E-state index in [2.05, 4.69) is 0 Å². The summed E-state index contributed by atoms with van der Waals surface area (Å²) in [4.78, 5) is 11.8. The van der Waals surface area contributed by atoms with Crippen LogP contribution in [0.1, 0.15) is 30.8 Å². The molecule has 0 saturated heterocycles. The van der Waals surface area contributed by atoms with Gasteiger partial charge in [0, 0.05) is 19.9 Å². The lowest BCUT2D eigenvalue weighted by Gasteiger charge is -2.11. The number of aromatic nitrogens is 1. The predicted molar refractivity (Wildman–Crippen MR) is 65.9 cm³/mol. The monoisotopic (exact) mass is 240 g/mol. The number of hydrogen-bond acceptors (Lipinski definition) is 4. The SMILES string of the molecule is CCCn1cc(N)cc1C(=O)OCC(C)OC. The molecule has 0 radical (unpaired) electrons. The lowest BCUT2D eigenvalue weighted by atomic mass is 10.4. The first-order valence-electron chi connectivity index (χ1n) is 5.74. The van der Waals surface area contributed by atoms with Gasteiger partial charge in [0.25, 0.3) is 0 Å². The van der Waals surface area contributed by atoms with E-state index < -0.39 is 0 Å². The van der Waals surface area contributed by atoms with Crippen molar-refractivity contribution in [1.29, 1.82) is 0 Å². The zero-order chi connectivity index (χ0) is 12.8. The predicted octanol–water partition coefficient (Wildman–Crippen LogP) is 1.67. The van der Waals surface area contributed by atoms with Gasteiger partial charge in [0.15, 0.2) is 0 Å². The molecule has 0 saturated carbocycles. The second kappa shape index (κ2) is 6.30. The van der Waals surface area contributed by atoms with Gasteiger partial charge in [-0.3, -0.25) is 0 Å². The van der Waals surface area contributed by atoms with Crippen LogP contribution in [0.2, 0.25) is 0 Å². The topological polar surface area (TPSA) is 66.5 Å². The van der Waals surface area contributed by atoms with E-state index in [0.717, 1.165) is 13.0 Å². The number of methoxy groups -OCH3 is 1. The Morgan fingerprint density at radius 3 is 2.88 bits per heavy atom. The van der Waals surface area contributed by atoms with E-state index in [4.69, 9.17) is 15.2 Å². The molecule has 0 aliphatic rings. The molecule has 1 rings (SSSR count). The molecule has 0 aliphatic heterocycles. The van der Waals surface area contributed by atoms with E-state index in [1.54, 1.807) is 19.4 Å². The highest BCUT2D eigenvalue weighted by atomic mass is 16.6. The van der Waals surface area contributed by atoms with Crippen molar-refractivity contribution in [2.75, 3.05) is 19.5 Å². The molecule has 0 fully saturated rings. The molecule has 2 N–H and O–H groups in total. The van der Waals surface area contributed by atoms with E-state index >= 15 is 0 Å². The Hall–Kier alpha value is -1.49. The van der Waals surface area contributed by atoms with Crippen molar-refractivity contribution < 1.29 is 14.3 Å². The molecule has 5 heteroatoms. The minimum atomic E-state index is -0.362. The average molecular weight is 240 g/mol. The van der Waals surface area contributed by atoms with Crippen molar-refractivity contribution in [3.05, 3.63) is 18.0 Å². The summed E-state index contributed by atoms with van der Waals surface area (Å²) in [7, 11) is 1.58. The highest BCUT2D eigenvalue weighted by Crippen LogP contribution is 2.12. The first kappa shape index (κ1) is 13.6. The van der Waals surface area contributed by atoms with Crippen LogP contribution in [0.25, 0.3) is 0 Å². The van der Waals surface area contributed by atoms with Gasteiger partial charge in [0.2, 0.25) is 0 Å². The zero-order valence-corrected chi connectivity index (χ0v) is 10.6. The summed E-state index contributed by atoms with van der Waals surface area (Å²) < 4.78 is 12.0. The van der Waals surface area contributed by atoms with E-state index in [1.807, 2.05) is 18.4 Å². The van der Waals surface area contributed by atoms with Crippen LogP contribution in [0, 0.1) is 0 Å². The molecular weight excluding hydrogens is 220 g/mol. The van der Waals surface area contributed by atoms with E-state index in [1.165, 1.54) is 0 Å². The fourth-order valence-electron chi connectivity index (χ4n) is 1.46. The first-order valence-corrected chi connectivity index (χ1v) is 5.74. The van der Waals surface area contributed by atoms with Crippen LogP contribution < -0.4 is 5.73 Å². The highest BCUT2D eigenvalue weighted by molar-refractivity contribution is 5.89. The summed E-state index contributed by atoms with van der Waals surface area (Å²) in [6, 6.07) is 1.63. The quantitative estimate of drug-likeness (QED) is 0.768. The van der Waals surface area contributed by atoms with Gasteiger partial charge in [-0.25, -0.2) is 4.79 Å². The van der Waals surface area contributed by atoms with Gasteiger partial charge in [-0.1, -0.05) is 6.92 Å². The molecule has 0 aliphatic carbocycles. The van der Waals surface area contributed by atoms with E-state index in [0.29, 0.717) is 11.4 Å². The number of rotatable bonds is 6.